The van der Waals surface area contributed by atoms with Gasteiger partial charge in [0.25, 0.3) is 0 Å². The fraction of sp³-hybridized carbons (Fsp3) is 0.409. The zero-order valence-electron chi connectivity index (χ0n) is 16.4. The lowest BCUT2D eigenvalue weighted by Crippen LogP contribution is -2.00. The minimum absolute atomic E-state index is 0.250. The van der Waals surface area contributed by atoms with Crippen molar-refractivity contribution in [1.29, 1.82) is 0 Å². The highest BCUT2D eigenvalue weighted by Crippen LogP contribution is 2.14. The molecule has 2 N–H and O–H groups in total. The van der Waals surface area contributed by atoms with Crippen LogP contribution in [0.5, 0.6) is 5.75 Å². The lowest BCUT2D eigenvalue weighted by molar-refractivity contribution is -0.137. The number of hydrogen-bond acceptors (Lipinski definition) is 4. The molecule has 2 rings (SSSR count). The number of H-pyrrole nitrogens is 1. The normalized spacial score (nSPS) is 11.8. The number of ether oxygens (including phenoxy) is 1. The van der Waals surface area contributed by atoms with Crippen molar-refractivity contribution in [1.82, 2.24) is 15.2 Å². The Kier molecular flexibility index (Phi) is 9.55. The monoisotopic (exact) mass is 383 g/mol. The Labute approximate surface area is 166 Å². The average molecular weight is 383 g/mol. The third-order valence-corrected chi connectivity index (χ3v) is 4.35. The number of aromatic amines is 1. The van der Waals surface area contributed by atoms with Crippen molar-refractivity contribution in [3.8, 4) is 5.75 Å². The Morgan fingerprint density at radius 1 is 1.25 bits per heavy atom. The third kappa shape index (κ3) is 8.66. The summed E-state index contributed by atoms with van der Waals surface area (Å²) in [6.45, 7) is 2.76. The van der Waals surface area contributed by atoms with E-state index in [9.17, 15) is 4.79 Å². The maximum atomic E-state index is 10.5. The van der Waals surface area contributed by atoms with Gasteiger partial charge in [0.2, 0.25) is 0 Å². The molecule has 0 bridgehead atoms. The average Bonchev–Trinajstić information content (AvgIpc) is 3.20. The highest BCUT2D eigenvalue weighted by molar-refractivity contribution is 5.66. The van der Waals surface area contributed by atoms with Crippen molar-refractivity contribution in [2.75, 3.05) is 6.61 Å². The quantitative estimate of drug-likeness (QED) is 0.386. The van der Waals surface area contributed by atoms with Crippen LogP contribution in [0.15, 0.2) is 54.4 Å². The number of carbonyl (C=O) groups is 1. The Morgan fingerprint density at radius 2 is 2.14 bits per heavy atom. The SMILES string of the molecule is CC/C(=C\C=C/CCCCC(=O)O)CCOc1ccc(Cc2ccn[nH]2)nc1. The van der Waals surface area contributed by atoms with Crippen LogP contribution in [-0.4, -0.2) is 32.9 Å². The van der Waals surface area contributed by atoms with Crippen LogP contribution in [0.25, 0.3) is 0 Å². The van der Waals surface area contributed by atoms with Crippen molar-refractivity contribution < 1.29 is 14.6 Å². The summed E-state index contributed by atoms with van der Waals surface area (Å²) in [6, 6.07) is 5.86. The van der Waals surface area contributed by atoms with Crippen LogP contribution in [0.2, 0.25) is 0 Å². The van der Waals surface area contributed by atoms with Gasteiger partial charge in [-0.25, -0.2) is 0 Å². The molecule has 0 fully saturated rings. The van der Waals surface area contributed by atoms with E-state index in [2.05, 4.69) is 40.3 Å². The molecule has 0 atom stereocenters. The Balaban J connectivity index is 1.67. The summed E-state index contributed by atoms with van der Waals surface area (Å²) < 4.78 is 5.81. The molecular weight excluding hydrogens is 354 g/mol. The van der Waals surface area contributed by atoms with Crippen molar-refractivity contribution in [3.63, 3.8) is 0 Å². The van der Waals surface area contributed by atoms with Crippen molar-refractivity contribution >= 4 is 5.97 Å². The number of carboxylic acid groups (broad SMARTS) is 1. The molecule has 0 aliphatic rings. The van der Waals surface area contributed by atoms with Gasteiger partial charge in [-0.2, -0.15) is 5.10 Å². The maximum absolute atomic E-state index is 10.5. The van der Waals surface area contributed by atoms with Crippen LogP contribution in [0, 0.1) is 0 Å². The van der Waals surface area contributed by atoms with Gasteiger partial charge in [-0.05, 0) is 43.9 Å². The van der Waals surface area contributed by atoms with Crippen LogP contribution in [-0.2, 0) is 11.2 Å². The van der Waals surface area contributed by atoms with Gasteiger partial charge in [-0.3, -0.25) is 14.9 Å². The number of pyridine rings is 1. The van der Waals surface area contributed by atoms with Crippen LogP contribution < -0.4 is 4.74 Å². The van der Waals surface area contributed by atoms with Crippen LogP contribution >= 0.6 is 0 Å². The first-order valence-electron chi connectivity index (χ1n) is 9.79. The van der Waals surface area contributed by atoms with E-state index < -0.39 is 5.97 Å². The molecule has 0 saturated carbocycles. The van der Waals surface area contributed by atoms with Gasteiger partial charge in [-0.1, -0.05) is 30.7 Å². The van der Waals surface area contributed by atoms with Gasteiger partial charge in [-0.15, -0.1) is 0 Å². The predicted molar refractivity (Wildman–Crippen MR) is 109 cm³/mol. The lowest BCUT2D eigenvalue weighted by atomic mass is 10.1. The van der Waals surface area contributed by atoms with Crippen LogP contribution in [0.1, 0.15) is 56.8 Å². The molecule has 2 heterocycles. The van der Waals surface area contributed by atoms with Gasteiger partial charge >= 0.3 is 5.97 Å². The molecule has 0 aliphatic carbocycles. The van der Waals surface area contributed by atoms with E-state index in [1.54, 1.807) is 12.4 Å². The Morgan fingerprint density at radius 3 is 2.82 bits per heavy atom. The number of aliphatic carboxylic acids is 1. The number of aromatic nitrogens is 3. The van der Waals surface area contributed by atoms with E-state index in [0.717, 1.165) is 55.7 Å². The molecule has 0 aromatic carbocycles. The summed E-state index contributed by atoms with van der Waals surface area (Å²) in [5.74, 6) is 0.0533. The van der Waals surface area contributed by atoms with Gasteiger partial charge in [0, 0.05) is 36.8 Å². The second-order valence-electron chi connectivity index (χ2n) is 6.59. The number of allylic oxidation sites excluding steroid dienone is 3. The summed E-state index contributed by atoms with van der Waals surface area (Å²) in [5, 5.41) is 15.5. The molecule has 2 aromatic rings. The van der Waals surface area contributed by atoms with E-state index >= 15 is 0 Å². The second kappa shape index (κ2) is 12.5. The molecule has 0 unspecified atom stereocenters. The van der Waals surface area contributed by atoms with Crippen molar-refractivity contribution in [2.24, 2.45) is 0 Å². The topological polar surface area (TPSA) is 88.1 Å². The first-order chi connectivity index (χ1) is 13.7. The molecule has 150 valence electrons. The molecule has 6 heteroatoms. The smallest absolute Gasteiger partial charge is 0.303 e. The minimum atomic E-state index is -0.722. The molecule has 0 saturated heterocycles. The first kappa shape index (κ1) is 21.4. The number of rotatable bonds is 13. The van der Waals surface area contributed by atoms with E-state index in [-0.39, 0.29) is 6.42 Å². The van der Waals surface area contributed by atoms with Crippen molar-refractivity contribution in [2.45, 2.75) is 51.9 Å². The minimum Gasteiger partial charge on any atom is -0.492 e. The van der Waals surface area contributed by atoms with E-state index in [0.29, 0.717) is 6.61 Å². The van der Waals surface area contributed by atoms with E-state index in [4.69, 9.17) is 9.84 Å². The maximum Gasteiger partial charge on any atom is 0.303 e. The third-order valence-electron chi connectivity index (χ3n) is 4.35. The summed E-state index contributed by atoms with van der Waals surface area (Å²) >= 11 is 0. The summed E-state index contributed by atoms with van der Waals surface area (Å²) in [7, 11) is 0. The van der Waals surface area contributed by atoms with Crippen LogP contribution in [0.3, 0.4) is 0 Å². The number of nitrogens with one attached hydrogen (secondary N) is 1. The molecule has 0 radical (unpaired) electrons. The number of carboxylic acids is 1. The second-order valence-corrected chi connectivity index (χ2v) is 6.59. The summed E-state index contributed by atoms with van der Waals surface area (Å²) in [6.07, 6.45) is 15.2. The summed E-state index contributed by atoms with van der Waals surface area (Å²) in [4.78, 5) is 14.9. The molecule has 6 nitrogen and oxygen atoms in total. The Hall–Kier alpha value is -2.89. The van der Waals surface area contributed by atoms with Gasteiger partial charge in [0.1, 0.15) is 5.75 Å². The zero-order valence-corrected chi connectivity index (χ0v) is 16.4. The molecule has 28 heavy (non-hydrogen) atoms. The molecule has 0 aliphatic heterocycles. The van der Waals surface area contributed by atoms with Crippen molar-refractivity contribution in [3.05, 3.63) is 65.8 Å². The van der Waals surface area contributed by atoms with E-state index in [1.807, 2.05) is 18.2 Å². The first-order valence-corrected chi connectivity index (χ1v) is 9.79. The molecule has 0 spiro atoms. The zero-order chi connectivity index (χ0) is 20.0. The van der Waals surface area contributed by atoms with E-state index in [1.165, 1.54) is 5.57 Å². The fourth-order valence-corrected chi connectivity index (χ4v) is 2.70. The van der Waals surface area contributed by atoms with Crippen LogP contribution in [0.4, 0.5) is 0 Å². The largest absolute Gasteiger partial charge is 0.492 e. The molecular formula is C22H29N3O3. The molecule has 2 aromatic heterocycles. The number of nitrogens with zero attached hydrogens (tertiary/aromatic N) is 2. The standard InChI is InChI=1S/C22H29N3O3/c1-2-18(8-6-4-3-5-7-9-22(26)27)13-15-28-21-11-10-19(23-17-21)16-20-12-14-24-25-20/h4,6,8,10-12,14,17H,2-3,5,7,9,13,15-16H2,1H3,(H,24,25)(H,26,27)/b6-4-,18-8+. The van der Waals surface area contributed by atoms with Gasteiger partial charge in [0.05, 0.1) is 12.8 Å². The van der Waals surface area contributed by atoms with Gasteiger partial charge < -0.3 is 9.84 Å². The summed E-state index contributed by atoms with van der Waals surface area (Å²) in [5.41, 5.74) is 3.33. The highest BCUT2D eigenvalue weighted by atomic mass is 16.5. The Bertz CT molecular complexity index is 750. The fourth-order valence-electron chi connectivity index (χ4n) is 2.70. The number of unbranched alkanes of at least 4 members (excludes halogenated alkanes) is 2. The molecule has 0 amide bonds. The van der Waals surface area contributed by atoms with Gasteiger partial charge in [0.15, 0.2) is 0 Å². The highest BCUT2D eigenvalue weighted by Gasteiger charge is 2.01. The predicted octanol–water partition coefficient (Wildman–Crippen LogP) is 4.70. The lowest BCUT2D eigenvalue weighted by Gasteiger charge is -2.08. The number of hydrogen-bond donors (Lipinski definition) is 2.